The Kier molecular flexibility index (Phi) is 6.05. The molecule has 10 nitrogen and oxygen atoms in total. The first kappa shape index (κ1) is 17.5. The predicted molar refractivity (Wildman–Crippen MR) is 115 cm³/mol. The van der Waals surface area contributed by atoms with E-state index >= 15 is 0 Å². The number of carbonyl (C=O) groups excluding carboxylic acids is 2. The second kappa shape index (κ2) is 11.0. The van der Waals surface area contributed by atoms with Crippen molar-refractivity contribution < 1.29 is 31.1 Å². The summed E-state index contributed by atoms with van der Waals surface area (Å²) in [4.78, 5) is 50.5. The van der Waals surface area contributed by atoms with E-state index in [0.717, 1.165) is 10.0 Å². The number of nitroso groups, excluding NO2 is 1. The fraction of sp³-hybridized carbons (Fsp3) is 0.591. The Morgan fingerprint density at radius 3 is 2.59 bits per heavy atom. The largest absolute Gasteiger partial charge is 0.480 e. The van der Waals surface area contributed by atoms with Crippen molar-refractivity contribution in [2.75, 3.05) is 19.7 Å². The number of nitrogens with zero attached hydrogens (tertiary/aromatic N) is 4. The quantitative estimate of drug-likeness (QED) is 0.344. The molecular weight excluding hydrogens is 416 g/mol. The number of hydrazine groups is 1. The van der Waals surface area contributed by atoms with Crippen LogP contribution in [0.5, 0.6) is 0 Å². The molecule has 1 aromatic rings. The Morgan fingerprint density at radius 2 is 1.97 bits per heavy atom. The van der Waals surface area contributed by atoms with Crippen molar-refractivity contribution in [3.63, 3.8) is 0 Å². The number of carboxylic acids is 1. The molecule has 2 fully saturated rings. The highest BCUT2D eigenvalue weighted by Crippen LogP contribution is 2.28. The fourth-order valence-electron chi connectivity index (χ4n) is 4.23. The lowest BCUT2D eigenvalue weighted by molar-refractivity contribution is -0.177. The summed E-state index contributed by atoms with van der Waals surface area (Å²) in [5.74, 6) is -2.70. The third-order valence-electron chi connectivity index (χ3n) is 5.69. The zero-order chi connectivity index (χ0) is 27.4. The Bertz CT molecular complexity index is 1050. The van der Waals surface area contributed by atoms with Crippen LogP contribution in [0.15, 0.2) is 35.5 Å². The van der Waals surface area contributed by atoms with Crippen molar-refractivity contribution in [2.45, 2.75) is 63.6 Å². The molecule has 0 spiro atoms. The molecule has 2 heterocycles. The molecule has 1 amide bonds. The number of carboxylic acid groups (broad SMARTS) is 1. The molecule has 1 unspecified atom stereocenters. The highest BCUT2D eigenvalue weighted by molar-refractivity contribution is 5.87. The van der Waals surface area contributed by atoms with Crippen LogP contribution in [0.3, 0.4) is 0 Å². The van der Waals surface area contributed by atoms with Crippen LogP contribution in [0.1, 0.15) is 51.4 Å². The van der Waals surface area contributed by atoms with Gasteiger partial charge in [-0.2, -0.15) is 0 Å². The molecule has 0 radical (unpaired) electrons. The molecule has 10 heteroatoms. The third-order valence-corrected chi connectivity index (χ3v) is 5.69. The summed E-state index contributed by atoms with van der Waals surface area (Å²) in [6.07, 6.45) is 0.979. The predicted octanol–water partition coefficient (Wildman–Crippen LogP) is 1.99. The number of aliphatic carboxylic acids is 1. The minimum atomic E-state index is -1.40. The lowest BCUT2D eigenvalue weighted by atomic mass is 10.0. The van der Waals surface area contributed by atoms with Crippen LogP contribution in [-0.2, 0) is 25.5 Å². The molecule has 174 valence electrons. The molecule has 0 saturated carbocycles. The molecule has 3 atom stereocenters. The van der Waals surface area contributed by atoms with Gasteiger partial charge < -0.3 is 9.84 Å². The van der Waals surface area contributed by atoms with Crippen LogP contribution in [0, 0.1) is 4.91 Å². The maximum absolute atomic E-state index is 13.6. The Labute approximate surface area is 194 Å². The minimum absolute atomic E-state index is 0.0314. The van der Waals surface area contributed by atoms with Crippen molar-refractivity contribution in [3.8, 4) is 0 Å². The van der Waals surface area contributed by atoms with E-state index in [4.69, 9.17) is 11.6 Å². The van der Waals surface area contributed by atoms with E-state index in [2.05, 4.69) is 5.29 Å². The SMILES string of the molecule is [2H]c1c([2H])c([2H])c(CCC(C(=O)OCC)N(N=O)[C@H]2CCCN3CCC[C@@H](C(=O)O)N3C2=O)c([2H])c1[2H]. The van der Waals surface area contributed by atoms with Crippen molar-refractivity contribution in [2.24, 2.45) is 5.29 Å². The monoisotopic (exact) mass is 451 g/mol. The van der Waals surface area contributed by atoms with Crippen LogP contribution in [0.2, 0.25) is 0 Å². The van der Waals surface area contributed by atoms with Gasteiger partial charge in [0.15, 0.2) is 0 Å². The van der Waals surface area contributed by atoms with Gasteiger partial charge in [0.2, 0.25) is 0 Å². The number of ether oxygens (including phenoxy) is 1. The highest BCUT2D eigenvalue weighted by atomic mass is 16.5. The summed E-state index contributed by atoms with van der Waals surface area (Å²) in [6, 6.07) is -6.23. The van der Waals surface area contributed by atoms with E-state index in [1.54, 1.807) is 11.9 Å². The number of benzene rings is 1. The van der Waals surface area contributed by atoms with Crippen molar-refractivity contribution >= 4 is 17.8 Å². The third kappa shape index (κ3) is 5.24. The number of amides is 1. The van der Waals surface area contributed by atoms with Gasteiger partial charge in [0.05, 0.1) is 18.7 Å². The molecular formula is C22H30N4O6. The van der Waals surface area contributed by atoms with E-state index in [1.807, 2.05) is 0 Å². The van der Waals surface area contributed by atoms with Crippen LogP contribution in [0.25, 0.3) is 0 Å². The summed E-state index contributed by atoms with van der Waals surface area (Å²) < 4.78 is 44.9. The first-order valence-corrected chi connectivity index (χ1v) is 10.7. The average Bonchev–Trinajstić information content (AvgIpc) is 3.04. The van der Waals surface area contributed by atoms with E-state index in [1.165, 1.54) is 0 Å². The molecule has 1 N–H and O–H groups in total. The highest BCUT2D eigenvalue weighted by Gasteiger charge is 2.46. The molecule has 2 aliphatic heterocycles. The van der Waals surface area contributed by atoms with Gasteiger partial charge in [-0.15, -0.1) is 4.91 Å². The van der Waals surface area contributed by atoms with Crippen LogP contribution < -0.4 is 0 Å². The van der Waals surface area contributed by atoms with E-state index in [-0.39, 0.29) is 37.9 Å². The smallest absolute Gasteiger partial charge is 0.330 e. The number of esters is 1. The van der Waals surface area contributed by atoms with Crippen LogP contribution in [0.4, 0.5) is 0 Å². The standard InChI is InChI=1S/C22H30N4O6/c1-2-32-22(30)19(13-12-16-8-4-3-5-9-16)25(23-31)17-10-6-14-24-15-7-11-18(21(28)29)26(24)20(17)27/h3-5,8-9,17-19H,2,6-7,10-15H2,1H3,(H,28,29)/t17-,18-,19?/m0/s1/i3D,4D,5D,8D,9D. The van der Waals surface area contributed by atoms with Crippen LogP contribution >= 0.6 is 0 Å². The van der Waals surface area contributed by atoms with Crippen molar-refractivity contribution in [1.82, 2.24) is 15.0 Å². The number of hydrogen-bond acceptors (Lipinski definition) is 7. The number of hydrogen-bond donors (Lipinski definition) is 1. The summed E-state index contributed by atoms with van der Waals surface area (Å²) in [7, 11) is 0. The number of carbonyl (C=O) groups is 3. The molecule has 0 aliphatic carbocycles. The Balaban J connectivity index is 1.95. The summed E-state index contributed by atoms with van der Waals surface area (Å²) in [6.45, 7) is 2.40. The average molecular weight is 452 g/mol. The number of rotatable bonds is 9. The van der Waals surface area contributed by atoms with E-state index in [0.29, 0.717) is 25.9 Å². The van der Waals surface area contributed by atoms with Gasteiger partial charge in [0.25, 0.3) is 5.91 Å². The van der Waals surface area contributed by atoms with Gasteiger partial charge in [-0.05, 0) is 51.0 Å². The van der Waals surface area contributed by atoms with Crippen LogP contribution in [-0.4, -0.2) is 75.8 Å². The van der Waals surface area contributed by atoms with Gasteiger partial charge in [0, 0.05) is 13.1 Å². The maximum atomic E-state index is 13.6. The van der Waals surface area contributed by atoms with Gasteiger partial charge in [-0.25, -0.2) is 19.6 Å². The Morgan fingerprint density at radius 1 is 1.28 bits per heavy atom. The molecule has 3 rings (SSSR count). The zero-order valence-corrected chi connectivity index (χ0v) is 17.9. The van der Waals surface area contributed by atoms with Gasteiger partial charge >= 0.3 is 11.9 Å². The second-order valence-corrected chi connectivity index (χ2v) is 7.66. The summed E-state index contributed by atoms with van der Waals surface area (Å²) in [5, 5.41) is 16.3. The van der Waals surface area contributed by atoms with Gasteiger partial charge in [-0.3, -0.25) is 9.80 Å². The fourth-order valence-corrected chi connectivity index (χ4v) is 4.23. The topological polar surface area (TPSA) is 120 Å². The lowest BCUT2D eigenvalue weighted by Crippen LogP contribution is -2.61. The second-order valence-electron chi connectivity index (χ2n) is 7.66. The first-order chi connectivity index (χ1) is 17.5. The van der Waals surface area contributed by atoms with Gasteiger partial charge in [-0.1, -0.05) is 30.2 Å². The van der Waals surface area contributed by atoms with Crippen molar-refractivity contribution in [1.29, 1.82) is 0 Å². The first-order valence-electron chi connectivity index (χ1n) is 13.2. The van der Waals surface area contributed by atoms with E-state index < -0.39 is 66.2 Å². The Hall–Kier alpha value is -3.01. The van der Waals surface area contributed by atoms with Gasteiger partial charge in [0.1, 0.15) is 18.1 Å². The number of fused-ring (bicyclic) bond motifs is 1. The molecule has 2 saturated heterocycles. The summed E-state index contributed by atoms with van der Waals surface area (Å²) >= 11 is 0. The zero-order valence-electron chi connectivity index (χ0n) is 22.9. The lowest BCUT2D eigenvalue weighted by Gasteiger charge is -2.43. The summed E-state index contributed by atoms with van der Waals surface area (Å²) in [5.41, 5.74) is -0.0495. The molecule has 1 aromatic carbocycles. The van der Waals surface area contributed by atoms with E-state index in [9.17, 15) is 24.4 Å². The minimum Gasteiger partial charge on any atom is -0.480 e. The maximum Gasteiger partial charge on any atom is 0.330 e. The normalized spacial score (nSPS) is 24.6. The molecule has 32 heavy (non-hydrogen) atoms. The molecule has 0 bridgehead atoms. The molecule has 0 aromatic heterocycles. The molecule has 2 aliphatic rings. The van der Waals surface area contributed by atoms with Crippen molar-refractivity contribution in [3.05, 3.63) is 40.7 Å².